The van der Waals surface area contributed by atoms with E-state index in [2.05, 4.69) is 13.8 Å². The Morgan fingerprint density at radius 3 is 2.70 bits per heavy atom. The molecule has 1 fully saturated rings. The van der Waals surface area contributed by atoms with Crippen molar-refractivity contribution in [3.05, 3.63) is 29.8 Å². The van der Waals surface area contributed by atoms with Crippen molar-refractivity contribution < 1.29 is 17.1 Å². The Morgan fingerprint density at radius 1 is 1.40 bits per heavy atom. The highest BCUT2D eigenvalue weighted by atomic mass is 32.3. The Labute approximate surface area is 118 Å². The van der Waals surface area contributed by atoms with Crippen LogP contribution in [-0.4, -0.2) is 26.6 Å². The van der Waals surface area contributed by atoms with Crippen LogP contribution >= 0.6 is 0 Å². The molecule has 1 aromatic rings. The zero-order chi connectivity index (χ0) is 14.9. The summed E-state index contributed by atoms with van der Waals surface area (Å²) in [7, 11) is -4.54. The van der Waals surface area contributed by atoms with Gasteiger partial charge in [-0.1, -0.05) is 26.0 Å². The van der Waals surface area contributed by atoms with Crippen LogP contribution in [0, 0.1) is 5.92 Å². The molecule has 0 N–H and O–H groups in total. The van der Waals surface area contributed by atoms with Crippen molar-refractivity contribution in [3.8, 4) is 0 Å². The molecule has 1 atom stereocenters. The quantitative estimate of drug-likeness (QED) is 0.803. The Balaban J connectivity index is 2.17. The maximum atomic E-state index is 12.7. The second kappa shape index (κ2) is 5.52. The zero-order valence-electron chi connectivity index (χ0n) is 11.5. The summed E-state index contributed by atoms with van der Waals surface area (Å²) in [6.07, 6.45) is 0.0784. The molecule has 0 radical (unpaired) electrons. The number of anilines is 1. The molecule has 0 aromatic heterocycles. The fourth-order valence-corrected chi connectivity index (χ4v) is 3.26. The van der Waals surface area contributed by atoms with Crippen LogP contribution in [0.15, 0.2) is 24.3 Å². The van der Waals surface area contributed by atoms with Crippen LogP contribution in [0.5, 0.6) is 0 Å². The van der Waals surface area contributed by atoms with Gasteiger partial charge in [-0.05, 0) is 23.6 Å². The summed E-state index contributed by atoms with van der Waals surface area (Å²) in [5, 5.41) is 0. The van der Waals surface area contributed by atoms with Gasteiger partial charge >= 0.3 is 10.2 Å². The number of carbonyl (C=O) groups excluding carboxylic acids is 1. The Morgan fingerprint density at radius 2 is 2.10 bits per heavy atom. The van der Waals surface area contributed by atoms with E-state index in [0.717, 1.165) is 11.3 Å². The number of nitrogens with zero attached hydrogens (tertiary/aromatic N) is 1. The Bertz CT molecular complexity index is 613. The van der Waals surface area contributed by atoms with Crippen molar-refractivity contribution in [2.24, 2.45) is 5.92 Å². The summed E-state index contributed by atoms with van der Waals surface area (Å²) in [6, 6.07) is 7.60. The molecule has 1 unspecified atom stereocenters. The highest BCUT2D eigenvalue weighted by molar-refractivity contribution is 7.86. The molecule has 1 aliphatic rings. The first-order valence-corrected chi connectivity index (χ1v) is 8.14. The smallest absolute Gasteiger partial charge is 0.302 e. The van der Waals surface area contributed by atoms with Crippen molar-refractivity contribution in [2.45, 2.75) is 26.2 Å². The van der Waals surface area contributed by atoms with Gasteiger partial charge in [0.2, 0.25) is 5.91 Å². The number of hydrogen-bond acceptors (Lipinski definition) is 3. The molecule has 20 heavy (non-hydrogen) atoms. The summed E-state index contributed by atoms with van der Waals surface area (Å²) in [5.41, 5.74) is 1.86. The van der Waals surface area contributed by atoms with E-state index in [9.17, 15) is 17.1 Å². The number of rotatable bonds is 4. The molecule has 1 aliphatic heterocycles. The van der Waals surface area contributed by atoms with Crippen LogP contribution < -0.4 is 4.90 Å². The Hall–Kier alpha value is -1.43. The van der Waals surface area contributed by atoms with Crippen LogP contribution in [0.2, 0.25) is 0 Å². The molecule has 2 rings (SSSR count). The summed E-state index contributed by atoms with van der Waals surface area (Å²) in [5.74, 6) is -0.867. The fraction of sp³-hybridized carbons (Fsp3) is 0.500. The average Bonchev–Trinajstić information content (AvgIpc) is 2.68. The summed E-state index contributed by atoms with van der Waals surface area (Å²) in [4.78, 5) is 13.5. The lowest BCUT2D eigenvalue weighted by Crippen LogP contribution is -2.25. The fourth-order valence-electron chi connectivity index (χ4n) is 2.48. The maximum Gasteiger partial charge on any atom is 0.302 e. The standard InChI is InChI=1S/C14H18FNO3S/c1-10(2)12-4-3-5-13(7-12)16-8-11(6-14(16)17)9-20(15,18)19/h3-5,7,10-11H,6,8-9H2,1-2H3. The number of amides is 1. The first kappa shape index (κ1) is 15.0. The second-order valence-corrected chi connectivity index (χ2v) is 6.94. The van der Waals surface area contributed by atoms with Crippen LogP contribution in [0.25, 0.3) is 0 Å². The predicted octanol–water partition coefficient (Wildman–Crippen LogP) is 2.46. The van der Waals surface area contributed by atoms with E-state index in [4.69, 9.17) is 0 Å². The third kappa shape index (κ3) is 3.56. The van der Waals surface area contributed by atoms with E-state index < -0.39 is 21.9 Å². The monoisotopic (exact) mass is 299 g/mol. The van der Waals surface area contributed by atoms with Gasteiger partial charge in [0.25, 0.3) is 0 Å². The van der Waals surface area contributed by atoms with Gasteiger partial charge in [0.05, 0.1) is 5.75 Å². The van der Waals surface area contributed by atoms with Gasteiger partial charge in [0.15, 0.2) is 0 Å². The summed E-state index contributed by atoms with van der Waals surface area (Å²) >= 11 is 0. The maximum absolute atomic E-state index is 12.7. The number of hydrogen-bond donors (Lipinski definition) is 0. The highest BCUT2D eigenvalue weighted by Gasteiger charge is 2.33. The van der Waals surface area contributed by atoms with E-state index in [-0.39, 0.29) is 18.9 Å². The van der Waals surface area contributed by atoms with Crippen LogP contribution in [0.1, 0.15) is 31.7 Å². The van der Waals surface area contributed by atoms with Crippen molar-refractivity contribution in [1.82, 2.24) is 0 Å². The topological polar surface area (TPSA) is 54.5 Å². The molecule has 0 saturated carbocycles. The third-order valence-corrected chi connectivity index (χ3v) is 4.36. The van der Waals surface area contributed by atoms with Gasteiger partial charge in [-0.2, -0.15) is 8.42 Å². The first-order valence-electron chi connectivity index (χ1n) is 6.59. The number of benzene rings is 1. The molecule has 0 spiro atoms. The van der Waals surface area contributed by atoms with Crippen LogP contribution in [0.3, 0.4) is 0 Å². The van der Waals surface area contributed by atoms with E-state index in [0.29, 0.717) is 5.92 Å². The average molecular weight is 299 g/mol. The molecule has 110 valence electrons. The number of halogens is 1. The molecule has 6 heteroatoms. The van der Waals surface area contributed by atoms with Crippen molar-refractivity contribution in [1.29, 1.82) is 0 Å². The van der Waals surface area contributed by atoms with E-state index in [1.807, 2.05) is 24.3 Å². The predicted molar refractivity (Wildman–Crippen MR) is 75.9 cm³/mol. The first-order chi connectivity index (χ1) is 9.26. The van der Waals surface area contributed by atoms with Gasteiger partial charge < -0.3 is 4.90 Å². The summed E-state index contributed by atoms with van der Waals surface area (Å²) in [6.45, 7) is 4.37. The molecule has 1 amide bonds. The van der Waals surface area contributed by atoms with Gasteiger partial charge in [-0.25, -0.2) is 0 Å². The van der Waals surface area contributed by atoms with Crippen LogP contribution in [0.4, 0.5) is 9.57 Å². The molecule has 1 aromatic carbocycles. The van der Waals surface area contributed by atoms with Crippen molar-refractivity contribution in [2.75, 3.05) is 17.2 Å². The van der Waals surface area contributed by atoms with Gasteiger partial charge in [-0.15, -0.1) is 3.89 Å². The SMILES string of the molecule is CC(C)c1cccc(N2CC(CS(=O)(=O)F)CC2=O)c1. The second-order valence-electron chi connectivity index (χ2n) is 5.53. The minimum Gasteiger partial charge on any atom is -0.312 e. The molecule has 1 saturated heterocycles. The van der Waals surface area contributed by atoms with Gasteiger partial charge in [0, 0.05) is 24.6 Å². The van der Waals surface area contributed by atoms with E-state index in [1.54, 1.807) is 4.90 Å². The Kier molecular flexibility index (Phi) is 4.13. The molecule has 4 nitrogen and oxygen atoms in total. The minimum atomic E-state index is -4.54. The lowest BCUT2D eigenvalue weighted by molar-refractivity contribution is -0.117. The van der Waals surface area contributed by atoms with Crippen LogP contribution in [-0.2, 0) is 15.0 Å². The lowest BCUT2D eigenvalue weighted by Gasteiger charge is -2.18. The van der Waals surface area contributed by atoms with Crippen molar-refractivity contribution >= 4 is 21.8 Å². The highest BCUT2D eigenvalue weighted by Crippen LogP contribution is 2.28. The lowest BCUT2D eigenvalue weighted by atomic mass is 10.0. The molecule has 0 aliphatic carbocycles. The summed E-state index contributed by atoms with van der Waals surface area (Å²) < 4.78 is 34.1. The number of carbonyl (C=O) groups is 1. The molecular weight excluding hydrogens is 281 g/mol. The molecular formula is C14H18FNO3S. The largest absolute Gasteiger partial charge is 0.312 e. The van der Waals surface area contributed by atoms with Gasteiger partial charge in [0.1, 0.15) is 0 Å². The molecule has 1 heterocycles. The van der Waals surface area contributed by atoms with E-state index >= 15 is 0 Å². The zero-order valence-corrected chi connectivity index (χ0v) is 12.4. The molecule has 0 bridgehead atoms. The van der Waals surface area contributed by atoms with E-state index in [1.165, 1.54) is 0 Å². The van der Waals surface area contributed by atoms with Gasteiger partial charge in [-0.3, -0.25) is 4.79 Å². The minimum absolute atomic E-state index is 0.0784. The van der Waals surface area contributed by atoms with Crippen molar-refractivity contribution in [3.63, 3.8) is 0 Å². The third-order valence-electron chi connectivity index (χ3n) is 3.49. The normalized spacial score (nSPS) is 19.9.